The van der Waals surface area contributed by atoms with Crippen molar-refractivity contribution in [3.63, 3.8) is 0 Å². The summed E-state index contributed by atoms with van der Waals surface area (Å²) in [4.78, 5) is 30.8. The Morgan fingerprint density at radius 2 is 1.69 bits per heavy atom. The molecule has 2 aliphatic rings. The van der Waals surface area contributed by atoms with Gasteiger partial charge in [0.15, 0.2) is 0 Å². The molecule has 1 aliphatic carbocycles. The Kier molecular flexibility index (Phi) is 8.03. The molecule has 0 spiro atoms. The molecule has 1 amide bonds. The van der Waals surface area contributed by atoms with Crippen LogP contribution in [-0.2, 0) is 18.0 Å². The number of carbonyl (C=O) groups excluding carboxylic acids is 1. The van der Waals surface area contributed by atoms with Gasteiger partial charge in [-0.05, 0) is 92.8 Å². The first-order valence-corrected chi connectivity index (χ1v) is 13.9. The number of aromatic nitrogens is 2. The third kappa shape index (κ3) is 6.61. The number of hydrogen-bond donors (Lipinski definition) is 2. The molecule has 1 fully saturated rings. The van der Waals surface area contributed by atoms with Crippen molar-refractivity contribution in [2.45, 2.75) is 65.0 Å². The Morgan fingerprint density at radius 1 is 1.02 bits per heavy atom. The monoisotopic (exact) mass is 582 g/mol. The quantitative estimate of drug-likeness (QED) is 0.313. The standard InChI is InChI=1S/C31H33F3N4O4/c1-30(2,29(40)41)23-9-5-21(6-10-23)22-7-11-24(12-8-22)37-16-15-27-36-26(18-38(27)19-37)28(39)35-17-20-3-13-25(14-4-20)42-31(32,33)34/h3-4,7-8,11-16,18,21,23H,5-6,9-10,17,19H2,1-2H3,(H,35,39)(H,40,41). The predicted molar refractivity (Wildman–Crippen MR) is 151 cm³/mol. The summed E-state index contributed by atoms with van der Waals surface area (Å²) in [6, 6.07) is 13.7. The lowest BCUT2D eigenvalue weighted by molar-refractivity contribution is -0.274. The number of aliphatic carboxylic acids is 1. The number of alkyl halides is 3. The highest BCUT2D eigenvalue weighted by molar-refractivity contribution is 5.92. The fraction of sp³-hybridized carbons (Fsp3) is 0.387. The molecule has 3 aromatic rings. The van der Waals surface area contributed by atoms with Crippen LogP contribution in [-0.4, -0.2) is 32.9 Å². The molecular formula is C31H33F3N4O4. The Morgan fingerprint density at radius 3 is 2.31 bits per heavy atom. The molecule has 0 unspecified atom stereocenters. The lowest BCUT2D eigenvalue weighted by atomic mass is 9.68. The van der Waals surface area contributed by atoms with Crippen molar-refractivity contribution in [1.29, 1.82) is 0 Å². The maximum Gasteiger partial charge on any atom is 0.573 e. The van der Waals surface area contributed by atoms with E-state index >= 15 is 0 Å². The third-order valence-corrected chi connectivity index (χ3v) is 8.35. The van der Waals surface area contributed by atoms with E-state index in [4.69, 9.17) is 0 Å². The second kappa shape index (κ2) is 11.5. The van der Waals surface area contributed by atoms with Gasteiger partial charge in [-0.1, -0.05) is 24.3 Å². The van der Waals surface area contributed by atoms with Gasteiger partial charge < -0.3 is 24.6 Å². The third-order valence-electron chi connectivity index (χ3n) is 8.35. The van der Waals surface area contributed by atoms with Gasteiger partial charge in [-0.25, -0.2) is 4.98 Å². The zero-order valence-corrected chi connectivity index (χ0v) is 23.4. The van der Waals surface area contributed by atoms with E-state index in [0.29, 0.717) is 24.0 Å². The van der Waals surface area contributed by atoms with Gasteiger partial charge in [0.2, 0.25) is 0 Å². The summed E-state index contributed by atoms with van der Waals surface area (Å²) >= 11 is 0. The Hall–Kier alpha value is -4.28. The second-order valence-electron chi connectivity index (χ2n) is 11.4. The first-order chi connectivity index (χ1) is 19.9. The number of nitrogens with zero attached hydrogens (tertiary/aromatic N) is 3. The van der Waals surface area contributed by atoms with Gasteiger partial charge in [-0.2, -0.15) is 0 Å². The average Bonchev–Trinajstić information content (AvgIpc) is 3.40. The topological polar surface area (TPSA) is 96.7 Å². The van der Waals surface area contributed by atoms with Gasteiger partial charge in [0.05, 0.1) is 5.41 Å². The van der Waals surface area contributed by atoms with Crippen molar-refractivity contribution in [3.8, 4) is 5.75 Å². The van der Waals surface area contributed by atoms with Gasteiger partial charge in [0.25, 0.3) is 5.91 Å². The minimum absolute atomic E-state index is 0.126. The van der Waals surface area contributed by atoms with E-state index in [2.05, 4.69) is 44.2 Å². The number of carbonyl (C=O) groups is 2. The maximum absolute atomic E-state index is 12.7. The first kappa shape index (κ1) is 29.2. The van der Waals surface area contributed by atoms with Crippen LogP contribution in [0.1, 0.15) is 72.9 Å². The Balaban J connectivity index is 1.14. The molecule has 2 heterocycles. The summed E-state index contributed by atoms with van der Waals surface area (Å²) in [6.45, 7) is 4.25. The van der Waals surface area contributed by atoms with E-state index in [1.54, 1.807) is 6.20 Å². The molecule has 11 heteroatoms. The van der Waals surface area contributed by atoms with Gasteiger partial charge >= 0.3 is 12.3 Å². The van der Waals surface area contributed by atoms with Crippen LogP contribution in [0.4, 0.5) is 18.9 Å². The highest BCUT2D eigenvalue weighted by Crippen LogP contribution is 2.44. The maximum atomic E-state index is 12.7. The number of carboxylic acids is 1. The number of nitrogens with one attached hydrogen (secondary N) is 1. The molecule has 8 nitrogen and oxygen atoms in total. The molecule has 0 saturated heterocycles. The number of halogens is 3. The second-order valence-corrected chi connectivity index (χ2v) is 11.4. The summed E-state index contributed by atoms with van der Waals surface area (Å²) in [5, 5.41) is 12.3. The number of carboxylic acid groups (broad SMARTS) is 1. The van der Waals surface area contributed by atoms with Crippen LogP contribution in [0.5, 0.6) is 5.75 Å². The van der Waals surface area contributed by atoms with Crippen molar-refractivity contribution in [1.82, 2.24) is 14.9 Å². The number of amides is 1. The lowest BCUT2D eigenvalue weighted by Gasteiger charge is -2.36. The Labute approximate surface area is 241 Å². The SMILES string of the molecule is CC(C)(C(=O)O)C1CCC(c2ccc(N3C=Cc4nc(C(=O)NCc5ccc(OC(F)(F)F)cc5)cn4C3)cc2)CC1. The van der Waals surface area contributed by atoms with E-state index in [1.165, 1.54) is 29.8 Å². The highest BCUT2D eigenvalue weighted by Gasteiger charge is 2.39. The van der Waals surface area contributed by atoms with Crippen LogP contribution < -0.4 is 15.0 Å². The number of fused-ring (bicyclic) bond motifs is 1. The smallest absolute Gasteiger partial charge is 0.481 e. The van der Waals surface area contributed by atoms with Gasteiger partial charge in [0, 0.05) is 24.6 Å². The van der Waals surface area contributed by atoms with Crippen molar-refractivity contribution >= 4 is 23.6 Å². The predicted octanol–water partition coefficient (Wildman–Crippen LogP) is 6.54. The van der Waals surface area contributed by atoms with Gasteiger partial charge in [-0.3, -0.25) is 9.59 Å². The summed E-state index contributed by atoms with van der Waals surface area (Å²) in [7, 11) is 0. The summed E-state index contributed by atoms with van der Waals surface area (Å²) in [5.41, 5.74) is 2.42. The minimum atomic E-state index is -4.76. The fourth-order valence-corrected chi connectivity index (χ4v) is 5.66. The number of anilines is 1. The van der Waals surface area contributed by atoms with Crippen molar-refractivity contribution in [2.75, 3.05) is 4.90 Å². The zero-order valence-electron chi connectivity index (χ0n) is 23.4. The van der Waals surface area contributed by atoms with Crippen LogP contribution in [0.25, 0.3) is 6.08 Å². The van der Waals surface area contributed by atoms with Crippen LogP contribution >= 0.6 is 0 Å². The van der Waals surface area contributed by atoms with Crippen LogP contribution in [0, 0.1) is 11.3 Å². The van der Waals surface area contributed by atoms with Gasteiger partial charge in [-0.15, -0.1) is 13.2 Å². The Bertz CT molecular complexity index is 1450. The van der Waals surface area contributed by atoms with Gasteiger partial charge in [0.1, 0.15) is 23.9 Å². The van der Waals surface area contributed by atoms with Crippen molar-refractivity contribution in [3.05, 3.63) is 83.6 Å². The molecular weight excluding hydrogens is 549 g/mol. The summed E-state index contributed by atoms with van der Waals surface area (Å²) in [6.07, 6.45) is 4.43. The van der Waals surface area contributed by atoms with E-state index in [1.807, 2.05) is 30.7 Å². The molecule has 5 rings (SSSR count). The highest BCUT2D eigenvalue weighted by atomic mass is 19.4. The van der Waals surface area contributed by atoms with Crippen LogP contribution in [0.2, 0.25) is 0 Å². The molecule has 42 heavy (non-hydrogen) atoms. The molecule has 2 aromatic carbocycles. The fourth-order valence-electron chi connectivity index (χ4n) is 5.66. The molecule has 0 bridgehead atoms. The molecule has 1 saturated carbocycles. The minimum Gasteiger partial charge on any atom is -0.481 e. The number of hydrogen-bond acceptors (Lipinski definition) is 5. The average molecular weight is 583 g/mol. The van der Waals surface area contributed by atoms with E-state index in [9.17, 15) is 27.9 Å². The number of rotatable bonds is 8. The number of ether oxygens (including phenoxy) is 1. The molecule has 1 aliphatic heterocycles. The summed E-state index contributed by atoms with van der Waals surface area (Å²) < 4.78 is 42.8. The van der Waals surface area contributed by atoms with Crippen LogP contribution in [0.15, 0.2) is 60.9 Å². The molecule has 0 atom stereocenters. The molecule has 1 aromatic heterocycles. The zero-order chi connectivity index (χ0) is 30.1. The molecule has 222 valence electrons. The molecule has 2 N–H and O–H groups in total. The molecule has 0 radical (unpaired) electrons. The lowest BCUT2D eigenvalue weighted by Crippen LogP contribution is -2.35. The normalized spacial score (nSPS) is 18.8. The van der Waals surface area contributed by atoms with Crippen molar-refractivity contribution in [2.24, 2.45) is 11.3 Å². The van der Waals surface area contributed by atoms with E-state index in [0.717, 1.165) is 31.4 Å². The number of imidazole rings is 1. The first-order valence-electron chi connectivity index (χ1n) is 13.9. The number of benzene rings is 2. The van der Waals surface area contributed by atoms with Crippen LogP contribution in [0.3, 0.4) is 0 Å². The summed E-state index contributed by atoms with van der Waals surface area (Å²) in [5.74, 6) is -0.195. The largest absolute Gasteiger partial charge is 0.573 e. The van der Waals surface area contributed by atoms with Crippen molar-refractivity contribution < 1.29 is 32.6 Å². The van der Waals surface area contributed by atoms with E-state index in [-0.39, 0.29) is 23.9 Å². The van der Waals surface area contributed by atoms with E-state index < -0.39 is 23.7 Å².